The zero-order chi connectivity index (χ0) is 14.6. The number of amides is 2. The minimum atomic E-state index is -4.23. The Balaban J connectivity index is 2.68. The molecule has 1 aliphatic heterocycles. The van der Waals surface area contributed by atoms with E-state index in [2.05, 4.69) is 5.32 Å². The molecule has 0 aromatic carbocycles. The second-order valence-electron chi connectivity index (χ2n) is 4.85. The lowest BCUT2D eigenvalue weighted by molar-refractivity contribution is -0.150. The average Bonchev–Trinajstić information content (AvgIpc) is 2.31. The molecule has 0 radical (unpaired) electrons. The van der Waals surface area contributed by atoms with Crippen molar-refractivity contribution in [2.24, 2.45) is 5.92 Å². The maximum absolute atomic E-state index is 12.1. The van der Waals surface area contributed by atoms with Gasteiger partial charge in [0.1, 0.15) is 6.04 Å². The topological polar surface area (TPSA) is 49.4 Å². The predicted molar refractivity (Wildman–Crippen MR) is 63.3 cm³/mol. The number of hydrogen-bond donors (Lipinski definition) is 1. The summed E-state index contributed by atoms with van der Waals surface area (Å²) in [5.74, 6) is -0.664. The molecule has 1 heterocycles. The molecule has 1 rings (SSSR count). The van der Waals surface area contributed by atoms with E-state index in [1.807, 2.05) is 13.8 Å². The largest absolute Gasteiger partial charge is 0.389 e. The number of carbonyl (C=O) groups is 2. The number of rotatable bonds is 5. The normalized spacial score (nSPS) is 22.4. The highest BCUT2D eigenvalue weighted by molar-refractivity contribution is 5.94. The number of piperazine rings is 1. The first-order valence-electron chi connectivity index (χ1n) is 6.40. The van der Waals surface area contributed by atoms with Gasteiger partial charge in [0, 0.05) is 13.0 Å². The summed E-state index contributed by atoms with van der Waals surface area (Å²) in [5, 5.41) is 2.48. The van der Waals surface area contributed by atoms with Gasteiger partial charge in [-0.15, -0.1) is 0 Å². The lowest BCUT2D eigenvalue weighted by Crippen LogP contribution is -2.60. The van der Waals surface area contributed by atoms with Crippen LogP contribution < -0.4 is 5.32 Å². The van der Waals surface area contributed by atoms with Crippen LogP contribution in [0.25, 0.3) is 0 Å². The van der Waals surface area contributed by atoms with Gasteiger partial charge in [0.25, 0.3) is 0 Å². The van der Waals surface area contributed by atoms with Gasteiger partial charge < -0.3 is 10.2 Å². The van der Waals surface area contributed by atoms with Crippen LogP contribution >= 0.6 is 0 Å². The fourth-order valence-corrected chi connectivity index (χ4v) is 2.17. The molecule has 1 fully saturated rings. The molecule has 0 bridgehead atoms. The fraction of sp³-hybridized carbons (Fsp3) is 0.833. The van der Waals surface area contributed by atoms with E-state index in [4.69, 9.17) is 0 Å². The van der Waals surface area contributed by atoms with Crippen LogP contribution in [0, 0.1) is 5.92 Å². The van der Waals surface area contributed by atoms with Crippen molar-refractivity contribution in [2.75, 3.05) is 13.1 Å². The molecule has 110 valence electrons. The summed E-state index contributed by atoms with van der Waals surface area (Å²) in [6.45, 7) is 3.54. The van der Waals surface area contributed by atoms with Crippen LogP contribution in [0.2, 0.25) is 0 Å². The molecule has 2 atom stereocenters. The third kappa shape index (κ3) is 4.40. The zero-order valence-corrected chi connectivity index (χ0v) is 11.1. The van der Waals surface area contributed by atoms with E-state index in [9.17, 15) is 22.8 Å². The fourth-order valence-electron chi connectivity index (χ4n) is 2.17. The second kappa shape index (κ2) is 6.25. The first-order chi connectivity index (χ1) is 8.76. The van der Waals surface area contributed by atoms with Gasteiger partial charge in [-0.1, -0.05) is 20.3 Å². The SMILES string of the molecule is CCC(C)C1C(=O)NCC(=O)N1CCCC(F)(F)F. The van der Waals surface area contributed by atoms with Gasteiger partial charge in [0.15, 0.2) is 0 Å². The summed E-state index contributed by atoms with van der Waals surface area (Å²) in [5.41, 5.74) is 0. The molecule has 1 aliphatic rings. The maximum Gasteiger partial charge on any atom is 0.389 e. The van der Waals surface area contributed by atoms with Crippen LogP contribution in [0.15, 0.2) is 0 Å². The van der Waals surface area contributed by atoms with Gasteiger partial charge in [-0.05, 0) is 12.3 Å². The maximum atomic E-state index is 12.1. The van der Waals surface area contributed by atoms with Crippen molar-refractivity contribution in [3.05, 3.63) is 0 Å². The van der Waals surface area contributed by atoms with Crippen LogP contribution in [0.3, 0.4) is 0 Å². The highest BCUT2D eigenvalue weighted by Crippen LogP contribution is 2.23. The zero-order valence-electron chi connectivity index (χ0n) is 11.1. The highest BCUT2D eigenvalue weighted by Gasteiger charge is 2.37. The molecule has 0 aromatic heterocycles. The number of nitrogens with zero attached hydrogens (tertiary/aromatic N) is 1. The molecule has 0 spiro atoms. The molecule has 1 N–H and O–H groups in total. The van der Waals surface area contributed by atoms with Gasteiger partial charge >= 0.3 is 6.18 Å². The van der Waals surface area contributed by atoms with Crippen molar-refractivity contribution in [3.8, 4) is 0 Å². The molecule has 1 saturated heterocycles. The Kier molecular flexibility index (Phi) is 5.20. The summed E-state index contributed by atoms with van der Waals surface area (Å²) < 4.78 is 36.4. The van der Waals surface area contributed by atoms with Crippen LogP contribution in [0.5, 0.6) is 0 Å². The molecule has 0 aromatic rings. The average molecular weight is 280 g/mol. The Morgan fingerprint density at radius 2 is 2.05 bits per heavy atom. The first-order valence-corrected chi connectivity index (χ1v) is 6.40. The molecule has 4 nitrogen and oxygen atoms in total. The summed E-state index contributed by atoms with van der Waals surface area (Å²) in [6, 6.07) is -0.653. The van der Waals surface area contributed by atoms with Crippen LogP contribution in [-0.4, -0.2) is 42.0 Å². The van der Waals surface area contributed by atoms with E-state index >= 15 is 0 Å². The van der Waals surface area contributed by atoms with E-state index in [0.717, 1.165) is 0 Å². The van der Waals surface area contributed by atoms with Crippen molar-refractivity contribution in [2.45, 2.75) is 45.3 Å². The molecule has 0 saturated carbocycles. The van der Waals surface area contributed by atoms with Gasteiger partial charge in [-0.3, -0.25) is 9.59 Å². The number of halogens is 3. The van der Waals surface area contributed by atoms with Gasteiger partial charge in [-0.25, -0.2) is 0 Å². The van der Waals surface area contributed by atoms with E-state index < -0.39 is 18.6 Å². The van der Waals surface area contributed by atoms with Crippen LogP contribution in [0.1, 0.15) is 33.1 Å². The Labute approximate surface area is 110 Å². The minimum Gasteiger partial charge on any atom is -0.345 e. The van der Waals surface area contributed by atoms with Crippen molar-refractivity contribution in [1.82, 2.24) is 10.2 Å². The van der Waals surface area contributed by atoms with E-state index in [1.165, 1.54) is 4.90 Å². The van der Waals surface area contributed by atoms with Crippen LogP contribution in [-0.2, 0) is 9.59 Å². The Bertz CT molecular complexity index is 344. The third-order valence-corrected chi connectivity index (χ3v) is 3.38. The standard InChI is InChI=1S/C12H19F3N2O2/c1-3-8(2)10-11(19)16-7-9(18)17(10)6-4-5-12(13,14)15/h8,10H,3-7H2,1-2H3,(H,16,19). The van der Waals surface area contributed by atoms with E-state index in [-0.39, 0.29) is 37.2 Å². The van der Waals surface area contributed by atoms with Gasteiger partial charge in [-0.2, -0.15) is 13.2 Å². The number of hydrogen-bond acceptors (Lipinski definition) is 2. The van der Waals surface area contributed by atoms with Crippen molar-refractivity contribution >= 4 is 11.8 Å². The van der Waals surface area contributed by atoms with Crippen molar-refractivity contribution < 1.29 is 22.8 Å². The first kappa shape index (κ1) is 15.8. The van der Waals surface area contributed by atoms with Crippen molar-refractivity contribution in [3.63, 3.8) is 0 Å². The molecule has 7 heteroatoms. The minimum absolute atomic E-state index is 0.0270. The molecule has 0 aliphatic carbocycles. The lowest BCUT2D eigenvalue weighted by Gasteiger charge is -2.38. The predicted octanol–water partition coefficient (Wildman–Crippen LogP) is 1.70. The molecular weight excluding hydrogens is 261 g/mol. The smallest absolute Gasteiger partial charge is 0.345 e. The van der Waals surface area contributed by atoms with E-state index in [0.29, 0.717) is 6.42 Å². The molecule has 19 heavy (non-hydrogen) atoms. The molecular formula is C12H19F3N2O2. The monoisotopic (exact) mass is 280 g/mol. The van der Waals surface area contributed by atoms with Crippen LogP contribution in [0.4, 0.5) is 13.2 Å². The Hall–Kier alpha value is -1.27. The second-order valence-corrected chi connectivity index (χ2v) is 4.85. The summed E-state index contributed by atoms with van der Waals surface area (Å²) >= 11 is 0. The summed E-state index contributed by atoms with van der Waals surface area (Å²) in [6.07, 6.45) is -4.66. The molecule has 2 unspecified atom stereocenters. The highest BCUT2D eigenvalue weighted by atomic mass is 19.4. The number of alkyl halides is 3. The molecule has 2 amide bonds. The lowest BCUT2D eigenvalue weighted by atomic mass is 9.95. The van der Waals surface area contributed by atoms with E-state index in [1.54, 1.807) is 0 Å². The van der Waals surface area contributed by atoms with Gasteiger partial charge in [0.05, 0.1) is 6.54 Å². The van der Waals surface area contributed by atoms with Crippen molar-refractivity contribution in [1.29, 1.82) is 0 Å². The summed E-state index contributed by atoms with van der Waals surface area (Å²) in [7, 11) is 0. The number of nitrogens with one attached hydrogen (secondary N) is 1. The Morgan fingerprint density at radius 1 is 1.42 bits per heavy atom. The quantitative estimate of drug-likeness (QED) is 0.833. The van der Waals surface area contributed by atoms with Gasteiger partial charge in [0.2, 0.25) is 11.8 Å². The Morgan fingerprint density at radius 3 is 2.58 bits per heavy atom. The third-order valence-electron chi connectivity index (χ3n) is 3.38. The number of carbonyl (C=O) groups excluding carboxylic acids is 2. The summed E-state index contributed by atoms with van der Waals surface area (Å²) in [4.78, 5) is 24.8.